The first-order valence-electron chi connectivity index (χ1n) is 15.2. The lowest BCUT2D eigenvalue weighted by atomic mass is 9.54. The normalized spacial score (nSPS) is 32.5. The first-order chi connectivity index (χ1) is 21.3. The molecule has 4 N–H and O–H groups in total. The van der Waals surface area contributed by atoms with E-state index in [0.717, 1.165) is 28.7 Å². The maximum atomic E-state index is 10.3. The van der Waals surface area contributed by atoms with Crippen LogP contribution in [-0.4, -0.2) is 64.8 Å². The lowest BCUT2D eigenvalue weighted by molar-refractivity contribution is -0.277. The van der Waals surface area contributed by atoms with E-state index < -0.39 is 37.3 Å². The summed E-state index contributed by atoms with van der Waals surface area (Å²) in [6.45, 7) is -0.369. The van der Waals surface area contributed by atoms with Gasteiger partial charge < -0.3 is 39.4 Å². The topological polar surface area (TPSA) is 142 Å². The van der Waals surface area contributed by atoms with Crippen LogP contribution < -0.4 is 9.47 Å². The van der Waals surface area contributed by atoms with Crippen molar-refractivity contribution in [3.63, 3.8) is 0 Å². The largest absolute Gasteiger partial charge is 0.496 e. The van der Waals surface area contributed by atoms with Gasteiger partial charge in [0, 0.05) is 17.2 Å². The molecular weight excluding hydrogens is 586 g/mol. The quantitative estimate of drug-likeness (QED) is 0.235. The van der Waals surface area contributed by atoms with Crippen molar-refractivity contribution < 1.29 is 39.4 Å². The molecule has 0 amide bonds. The molecule has 2 aromatic carbocycles. The molecule has 5 fully saturated rings. The number of nitriles is 1. The van der Waals surface area contributed by atoms with Crippen molar-refractivity contribution in [3.05, 3.63) is 69.8 Å². The Kier molecular flexibility index (Phi) is 9.20. The number of rotatable bonds is 9. The third-order valence-corrected chi connectivity index (χ3v) is 9.98. The maximum Gasteiger partial charge on any atom is 0.229 e. The second-order valence-electron chi connectivity index (χ2n) is 12.3. The molecule has 5 unspecified atom stereocenters. The number of aliphatic hydroxyl groups excluding tert-OH is 4. The Morgan fingerprint density at radius 2 is 1.66 bits per heavy atom. The predicted molar refractivity (Wildman–Crippen MR) is 162 cm³/mol. The van der Waals surface area contributed by atoms with E-state index in [1.807, 2.05) is 18.2 Å². The zero-order valence-electron chi connectivity index (χ0n) is 24.5. The van der Waals surface area contributed by atoms with Gasteiger partial charge >= 0.3 is 0 Å². The van der Waals surface area contributed by atoms with E-state index in [-0.39, 0.29) is 6.61 Å². The van der Waals surface area contributed by atoms with Gasteiger partial charge in [0.05, 0.1) is 24.8 Å². The van der Waals surface area contributed by atoms with Crippen molar-refractivity contribution in [2.24, 2.45) is 23.7 Å². The Labute approximate surface area is 261 Å². The number of allylic oxidation sites excluding steroid dienone is 2. The summed E-state index contributed by atoms with van der Waals surface area (Å²) in [4.78, 5) is 0. The van der Waals surface area contributed by atoms with Gasteiger partial charge in [-0.15, -0.1) is 0 Å². The molecule has 1 heterocycles. The summed E-state index contributed by atoms with van der Waals surface area (Å²) >= 11 is 7.07. The van der Waals surface area contributed by atoms with Crippen LogP contribution in [0.4, 0.5) is 0 Å². The van der Waals surface area contributed by atoms with Gasteiger partial charge in [-0.05, 0) is 91.2 Å². The molecule has 234 valence electrons. The summed E-state index contributed by atoms with van der Waals surface area (Å²) in [6.07, 6.45) is 2.46. The molecule has 0 aromatic heterocycles. The maximum absolute atomic E-state index is 10.3. The molecule has 2 aromatic rings. The average molecular weight is 624 g/mol. The molecule has 10 heteroatoms. The van der Waals surface area contributed by atoms with Crippen molar-refractivity contribution in [1.82, 2.24) is 0 Å². The van der Waals surface area contributed by atoms with Crippen LogP contribution in [0.15, 0.2) is 48.0 Å². The lowest BCUT2D eigenvalue weighted by Crippen LogP contribution is -2.60. The number of benzene rings is 2. The molecular formula is C34H38ClNO8. The fourth-order valence-corrected chi connectivity index (χ4v) is 8.03. The number of halogens is 1. The number of methoxy groups -OCH3 is 1. The van der Waals surface area contributed by atoms with Crippen molar-refractivity contribution in [3.8, 4) is 17.6 Å². The summed E-state index contributed by atoms with van der Waals surface area (Å²) < 4.78 is 23.5. The number of aliphatic hydroxyl groups is 4. The van der Waals surface area contributed by atoms with Crippen LogP contribution in [0.1, 0.15) is 48.8 Å². The van der Waals surface area contributed by atoms with Crippen molar-refractivity contribution in [1.29, 1.82) is 5.26 Å². The molecule has 44 heavy (non-hydrogen) atoms. The molecule has 7 rings (SSSR count). The minimum Gasteiger partial charge on any atom is -0.496 e. The van der Waals surface area contributed by atoms with Crippen LogP contribution in [-0.2, 0) is 16.1 Å². The Balaban J connectivity index is 1.21. The van der Waals surface area contributed by atoms with Gasteiger partial charge in [-0.3, -0.25) is 0 Å². The van der Waals surface area contributed by atoms with Crippen LogP contribution in [0.3, 0.4) is 0 Å². The minimum atomic E-state index is -1.53. The van der Waals surface area contributed by atoms with Crippen LogP contribution >= 0.6 is 11.6 Å². The number of hydrogen-bond donors (Lipinski definition) is 4. The van der Waals surface area contributed by atoms with E-state index >= 15 is 0 Å². The van der Waals surface area contributed by atoms with Gasteiger partial charge in [-0.1, -0.05) is 29.8 Å². The highest BCUT2D eigenvalue weighted by Crippen LogP contribution is 2.58. The molecule has 4 aliphatic carbocycles. The third kappa shape index (κ3) is 5.95. The Hall–Kier alpha value is -3.10. The van der Waals surface area contributed by atoms with E-state index in [1.165, 1.54) is 43.8 Å². The highest BCUT2D eigenvalue weighted by molar-refractivity contribution is 6.34. The fraction of sp³-hybridized carbons (Fsp3) is 0.500. The summed E-state index contributed by atoms with van der Waals surface area (Å²) in [6, 6.07) is 12.8. The standard InChI is InChI=1S/C34H38ClNO8/c1-41-33(27-22-12-19-11-20(14-22)15-23(27)13-19)25-9-6-21(3-2-10-36)32(28(25)35)42-17-18-4-7-24(8-5-18)43-34-31(40)30(39)29(38)26(16-37)44-34/h2-9,19-20,22-23,26,29-31,34,37-40H,11-17H2,1H3/b3-2+,33-27?. The molecule has 4 saturated carbocycles. The summed E-state index contributed by atoms with van der Waals surface area (Å²) in [5.41, 5.74) is 3.66. The molecule has 0 radical (unpaired) electrons. The van der Waals surface area contributed by atoms with Crippen LogP contribution in [0, 0.1) is 35.0 Å². The Morgan fingerprint density at radius 1 is 0.977 bits per heavy atom. The first-order valence-corrected chi connectivity index (χ1v) is 15.5. The molecule has 0 spiro atoms. The molecule has 1 aliphatic heterocycles. The number of ether oxygens (including phenoxy) is 4. The van der Waals surface area contributed by atoms with Crippen LogP contribution in [0.25, 0.3) is 11.8 Å². The molecule has 4 bridgehead atoms. The zero-order valence-corrected chi connectivity index (χ0v) is 25.3. The van der Waals surface area contributed by atoms with E-state index in [4.69, 9.17) is 35.8 Å². The monoisotopic (exact) mass is 623 g/mol. The fourth-order valence-electron chi connectivity index (χ4n) is 7.72. The first kappa shape index (κ1) is 30.9. The number of hydrogen-bond acceptors (Lipinski definition) is 9. The molecule has 9 nitrogen and oxygen atoms in total. The van der Waals surface area contributed by atoms with Gasteiger partial charge in [0.2, 0.25) is 6.29 Å². The smallest absolute Gasteiger partial charge is 0.229 e. The molecule has 5 atom stereocenters. The Bertz CT molecular complexity index is 1420. The summed E-state index contributed by atoms with van der Waals surface area (Å²) in [5, 5.41) is 49.3. The van der Waals surface area contributed by atoms with Crippen LogP contribution in [0.5, 0.6) is 11.5 Å². The SMILES string of the molecule is COC(=C1C2CC3CC(C2)CC1C3)c1ccc(/C=C/C#N)c(OCc2ccc(OC3OC(CO)C(O)C(O)C3O)cc2)c1Cl. The molecule has 5 aliphatic rings. The van der Waals surface area contributed by atoms with Gasteiger partial charge in [-0.25, -0.2) is 0 Å². The van der Waals surface area contributed by atoms with E-state index in [0.29, 0.717) is 33.9 Å². The van der Waals surface area contributed by atoms with E-state index in [9.17, 15) is 20.4 Å². The van der Waals surface area contributed by atoms with Crippen molar-refractivity contribution in [2.75, 3.05) is 13.7 Å². The second-order valence-corrected chi connectivity index (χ2v) is 12.7. The zero-order chi connectivity index (χ0) is 31.0. The van der Waals surface area contributed by atoms with Gasteiger partial charge in [0.15, 0.2) is 0 Å². The van der Waals surface area contributed by atoms with Crippen molar-refractivity contribution in [2.45, 2.75) is 69.4 Å². The van der Waals surface area contributed by atoms with E-state index in [2.05, 4.69) is 0 Å². The van der Waals surface area contributed by atoms with Crippen LogP contribution in [0.2, 0.25) is 5.02 Å². The third-order valence-electron chi connectivity index (χ3n) is 9.60. The van der Waals surface area contributed by atoms with Gasteiger partial charge in [0.25, 0.3) is 0 Å². The minimum absolute atomic E-state index is 0.171. The molecule has 1 saturated heterocycles. The summed E-state index contributed by atoms with van der Waals surface area (Å²) in [7, 11) is 1.71. The predicted octanol–water partition coefficient (Wildman–Crippen LogP) is 4.45. The van der Waals surface area contributed by atoms with Gasteiger partial charge in [-0.2, -0.15) is 5.26 Å². The Morgan fingerprint density at radius 3 is 2.27 bits per heavy atom. The van der Waals surface area contributed by atoms with Crippen molar-refractivity contribution >= 4 is 23.4 Å². The number of nitrogens with zero attached hydrogens (tertiary/aromatic N) is 1. The van der Waals surface area contributed by atoms with Gasteiger partial charge in [0.1, 0.15) is 48.3 Å². The second kappa shape index (κ2) is 13.1. The lowest BCUT2D eigenvalue weighted by Gasteiger charge is -2.51. The highest BCUT2D eigenvalue weighted by Gasteiger charge is 2.47. The van der Waals surface area contributed by atoms with E-state index in [1.54, 1.807) is 37.5 Å². The average Bonchev–Trinajstić information content (AvgIpc) is 3.02. The summed E-state index contributed by atoms with van der Waals surface area (Å²) in [5.74, 6) is 4.35. The highest BCUT2D eigenvalue weighted by atomic mass is 35.5.